The minimum atomic E-state index is -1.58. The van der Waals surface area contributed by atoms with E-state index in [-0.39, 0.29) is 12.8 Å². The van der Waals surface area contributed by atoms with Crippen molar-refractivity contribution < 1.29 is 33.0 Å². The number of rotatable bonds is 1. The van der Waals surface area contributed by atoms with Gasteiger partial charge in [-0.2, -0.15) is 4.39 Å². The summed E-state index contributed by atoms with van der Waals surface area (Å²) < 4.78 is 28.7. The van der Waals surface area contributed by atoms with E-state index in [4.69, 9.17) is 5.11 Å². The Morgan fingerprint density at radius 2 is 1.78 bits per heavy atom. The van der Waals surface area contributed by atoms with Gasteiger partial charge in [0.1, 0.15) is 0 Å². The molecule has 1 aromatic heterocycles. The number of esters is 2. The molecule has 0 aliphatic carbocycles. The van der Waals surface area contributed by atoms with E-state index in [0.29, 0.717) is 6.07 Å². The van der Waals surface area contributed by atoms with E-state index in [2.05, 4.69) is 9.72 Å². The Morgan fingerprint density at radius 3 is 2.11 bits per heavy atom. The molecule has 1 saturated heterocycles. The van der Waals surface area contributed by atoms with E-state index >= 15 is 0 Å². The van der Waals surface area contributed by atoms with Gasteiger partial charge in [0.25, 0.3) is 0 Å². The van der Waals surface area contributed by atoms with Gasteiger partial charge in [-0.15, -0.1) is 0 Å². The van der Waals surface area contributed by atoms with Crippen LogP contribution >= 0.6 is 0 Å². The fraction of sp³-hybridized carbons (Fsp3) is 0.200. The summed E-state index contributed by atoms with van der Waals surface area (Å²) in [6, 6.07) is 1.47. The quantitative estimate of drug-likeness (QED) is 0.457. The number of cyclic esters (lactones) is 2. The Balaban J connectivity index is 0.000000199. The third kappa shape index (κ3) is 3.89. The van der Waals surface area contributed by atoms with Gasteiger partial charge in [-0.05, 0) is 12.1 Å². The average molecular weight is 259 g/mol. The smallest absolute Gasteiger partial charge is 0.357 e. The Labute approximate surface area is 99.2 Å². The molecular weight excluding hydrogens is 252 g/mol. The molecule has 2 rings (SSSR count). The monoisotopic (exact) mass is 259 g/mol. The number of halogens is 2. The third-order valence-electron chi connectivity index (χ3n) is 1.78. The first-order chi connectivity index (χ1) is 8.40. The van der Waals surface area contributed by atoms with Gasteiger partial charge in [0, 0.05) is 0 Å². The largest absolute Gasteiger partial charge is 0.476 e. The Bertz CT molecular complexity index is 489. The normalized spacial score (nSPS) is 13.7. The minimum absolute atomic E-state index is 0.263. The van der Waals surface area contributed by atoms with Crippen LogP contribution in [0.2, 0.25) is 0 Å². The molecule has 0 spiro atoms. The second kappa shape index (κ2) is 5.80. The van der Waals surface area contributed by atoms with Crippen molar-refractivity contribution in [2.24, 2.45) is 0 Å². The summed E-state index contributed by atoms with van der Waals surface area (Å²) in [6.07, 6.45) is 0.525. The number of carboxylic acids is 1. The summed E-state index contributed by atoms with van der Waals surface area (Å²) in [5.41, 5.74) is -0.898. The van der Waals surface area contributed by atoms with Crippen LogP contribution in [0, 0.1) is 11.8 Å². The molecule has 0 radical (unpaired) electrons. The summed E-state index contributed by atoms with van der Waals surface area (Å²) in [6.45, 7) is 0. The van der Waals surface area contributed by atoms with Crippen LogP contribution in [0.5, 0.6) is 0 Å². The molecule has 1 aromatic rings. The molecule has 0 saturated carbocycles. The van der Waals surface area contributed by atoms with Gasteiger partial charge in [0.05, 0.1) is 12.8 Å². The summed E-state index contributed by atoms with van der Waals surface area (Å²) in [5, 5.41) is 8.22. The Hall–Kier alpha value is -2.38. The average Bonchev–Trinajstić information content (AvgIpc) is 2.66. The number of hydrogen-bond acceptors (Lipinski definition) is 5. The van der Waals surface area contributed by atoms with Gasteiger partial charge in [-0.25, -0.2) is 14.2 Å². The number of hydrogen-bond donors (Lipinski definition) is 1. The second-order valence-electron chi connectivity index (χ2n) is 3.12. The lowest BCUT2D eigenvalue weighted by molar-refractivity contribution is -0.151. The molecule has 1 fully saturated rings. The summed E-state index contributed by atoms with van der Waals surface area (Å²) in [4.78, 5) is 33.0. The van der Waals surface area contributed by atoms with Crippen LogP contribution < -0.4 is 0 Å². The highest BCUT2D eigenvalue weighted by atomic mass is 19.1. The first-order valence-electron chi connectivity index (χ1n) is 4.69. The van der Waals surface area contributed by atoms with E-state index in [9.17, 15) is 23.2 Å². The van der Waals surface area contributed by atoms with Crippen LogP contribution in [-0.2, 0) is 14.3 Å². The van der Waals surface area contributed by atoms with Crippen LogP contribution in [0.25, 0.3) is 0 Å². The SMILES string of the molecule is O=C(O)c1nc(F)ccc1F.O=C1CCC(=O)O1. The molecule has 0 unspecified atom stereocenters. The molecular formula is C10H7F2NO5. The zero-order valence-corrected chi connectivity index (χ0v) is 8.85. The lowest BCUT2D eigenvalue weighted by Gasteiger charge is -1.94. The van der Waals surface area contributed by atoms with Gasteiger partial charge in [-0.1, -0.05) is 0 Å². The van der Waals surface area contributed by atoms with Crippen molar-refractivity contribution in [3.8, 4) is 0 Å². The second-order valence-corrected chi connectivity index (χ2v) is 3.12. The van der Waals surface area contributed by atoms with Crippen molar-refractivity contribution in [1.29, 1.82) is 0 Å². The number of aromatic nitrogens is 1. The molecule has 2 heterocycles. The molecule has 18 heavy (non-hydrogen) atoms. The molecule has 6 nitrogen and oxygen atoms in total. The van der Waals surface area contributed by atoms with Crippen molar-refractivity contribution in [3.05, 3.63) is 29.6 Å². The van der Waals surface area contributed by atoms with Crippen molar-refractivity contribution in [3.63, 3.8) is 0 Å². The van der Waals surface area contributed by atoms with E-state index < -0.39 is 35.4 Å². The highest BCUT2D eigenvalue weighted by Crippen LogP contribution is 2.04. The molecule has 96 valence electrons. The van der Waals surface area contributed by atoms with Crippen LogP contribution in [0.3, 0.4) is 0 Å². The number of ether oxygens (including phenoxy) is 1. The van der Waals surface area contributed by atoms with Crippen LogP contribution in [0.15, 0.2) is 12.1 Å². The van der Waals surface area contributed by atoms with E-state index in [1.165, 1.54) is 0 Å². The summed E-state index contributed by atoms with van der Waals surface area (Å²) in [5.74, 6) is -4.43. The maximum absolute atomic E-state index is 12.4. The van der Waals surface area contributed by atoms with Crippen molar-refractivity contribution >= 4 is 17.9 Å². The summed E-state index contributed by atoms with van der Waals surface area (Å²) >= 11 is 0. The lowest BCUT2D eigenvalue weighted by Crippen LogP contribution is -2.05. The molecule has 0 atom stereocenters. The molecule has 0 bridgehead atoms. The van der Waals surface area contributed by atoms with Gasteiger partial charge < -0.3 is 9.84 Å². The van der Waals surface area contributed by atoms with Crippen LogP contribution in [0.4, 0.5) is 8.78 Å². The number of aromatic carboxylic acids is 1. The van der Waals surface area contributed by atoms with Crippen molar-refractivity contribution in [1.82, 2.24) is 4.98 Å². The molecule has 0 amide bonds. The first kappa shape index (κ1) is 13.7. The van der Waals surface area contributed by atoms with Gasteiger partial charge in [0.15, 0.2) is 11.5 Å². The number of carboxylic acid groups (broad SMARTS) is 1. The molecule has 1 aliphatic heterocycles. The zero-order valence-electron chi connectivity index (χ0n) is 8.85. The van der Waals surface area contributed by atoms with Gasteiger partial charge in [-0.3, -0.25) is 9.59 Å². The molecule has 8 heteroatoms. The van der Waals surface area contributed by atoms with Crippen LogP contribution in [-0.4, -0.2) is 28.0 Å². The number of carbonyl (C=O) groups excluding carboxylic acids is 2. The van der Waals surface area contributed by atoms with Crippen molar-refractivity contribution in [2.45, 2.75) is 12.8 Å². The van der Waals surface area contributed by atoms with Crippen LogP contribution in [0.1, 0.15) is 23.3 Å². The first-order valence-corrected chi connectivity index (χ1v) is 4.69. The predicted molar refractivity (Wildman–Crippen MR) is 51.4 cm³/mol. The maximum atomic E-state index is 12.4. The van der Waals surface area contributed by atoms with E-state index in [1.54, 1.807) is 0 Å². The highest BCUT2D eigenvalue weighted by Gasteiger charge is 2.19. The standard InChI is InChI=1S/C6H3F2NO2.C4H4O3/c7-3-1-2-4(8)9-5(3)6(10)11;5-3-1-2-4(6)7-3/h1-2H,(H,10,11);1-2H2. The van der Waals surface area contributed by atoms with Gasteiger partial charge >= 0.3 is 17.9 Å². The van der Waals surface area contributed by atoms with Crippen molar-refractivity contribution in [2.75, 3.05) is 0 Å². The minimum Gasteiger partial charge on any atom is -0.476 e. The number of carbonyl (C=O) groups is 3. The molecule has 0 aromatic carbocycles. The molecule has 1 aliphatic rings. The fourth-order valence-electron chi connectivity index (χ4n) is 1.00. The predicted octanol–water partition coefficient (Wildman–Crippen LogP) is 0.908. The third-order valence-corrected chi connectivity index (χ3v) is 1.78. The summed E-state index contributed by atoms with van der Waals surface area (Å²) in [7, 11) is 0. The number of nitrogens with zero attached hydrogens (tertiary/aromatic N) is 1. The fourth-order valence-corrected chi connectivity index (χ4v) is 1.00. The molecule has 1 N–H and O–H groups in total. The van der Waals surface area contributed by atoms with E-state index in [1.807, 2.05) is 0 Å². The van der Waals surface area contributed by atoms with Gasteiger partial charge in [0.2, 0.25) is 5.95 Å². The Morgan fingerprint density at radius 1 is 1.22 bits per heavy atom. The topological polar surface area (TPSA) is 93.6 Å². The lowest BCUT2D eigenvalue weighted by atomic mass is 10.3. The number of pyridine rings is 1. The highest BCUT2D eigenvalue weighted by molar-refractivity contribution is 5.92. The zero-order chi connectivity index (χ0) is 13.7. The Kier molecular flexibility index (Phi) is 4.41. The van der Waals surface area contributed by atoms with E-state index in [0.717, 1.165) is 6.07 Å². The maximum Gasteiger partial charge on any atom is 0.357 e.